The van der Waals surface area contributed by atoms with Gasteiger partial charge in [0.1, 0.15) is 5.82 Å². The number of benzene rings is 1. The standard InChI is InChI=1S/C21H28N6O2S/c1-14(2)12-27-19(8-7-18(22)28)25-26-21(27)30-13-20(29)23-10-9-15-11-24-17-6-4-3-5-16(15)17/h3-6,11,14,24H,7-10,12-13H2,1-2H3,(H2,22,28)(H,23,29). The summed E-state index contributed by atoms with van der Waals surface area (Å²) in [5.74, 6) is 0.970. The number of carbonyl (C=O) groups is 2. The van der Waals surface area contributed by atoms with E-state index in [1.54, 1.807) is 0 Å². The highest BCUT2D eigenvalue weighted by molar-refractivity contribution is 7.99. The fourth-order valence-corrected chi connectivity index (χ4v) is 4.05. The quantitative estimate of drug-likeness (QED) is 0.405. The number of hydrogen-bond donors (Lipinski definition) is 3. The van der Waals surface area contributed by atoms with Crippen LogP contribution in [0.2, 0.25) is 0 Å². The van der Waals surface area contributed by atoms with Crippen molar-refractivity contribution < 1.29 is 9.59 Å². The van der Waals surface area contributed by atoms with E-state index in [-0.39, 0.29) is 24.0 Å². The molecule has 3 rings (SSSR count). The highest BCUT2D eigenvalue weighted by Gasteiger charge is 2.16. The third kappa shape index (κ3) is 5.85. The Morgan fingerprint density at radius 1 is 1.23 bits per heavy atom. The smallest absolute Gasteiger partial charge is 0.230 e. The topological polar surface area (TPSA) is 119 Å². The second-order valence-corrected chi connectivity index (χ2v) is 8.56. The van der Waals surface area contributed by atoms with Gasteiger partial charge in [-0.05, 0) is 24.0 Å². The van der Waals surface area contributed by atoms with Crippen molar-refractivity contribution in [1.82, 2.24) is 25.1 Å². The van der Waals surface area contributed by atoms with Crippen LogP contribution in [0.5, 0.6) is 0 Å². The van der Waals surface area contributed by atoms with E-state index in [4.69, 9.17) is 5.73 Å². The number of primary amides is 1. The minimum Gasteiger partial charge on any atom is -0.370 e. The van der Waals surface area contributed by atoms with Gasteiger partial charge >= 0.3 is 0 Å². The Labute approximate surface area is 180 Å². The summed E-state index contributed by atoms with van der Waals surface area (Å²) in [6, 6.07) is 8.13. The number of para-hydroxylation sites is 1. The Morgan fingerprint density at radius 2 is 2.03 bits per heavy atom. The lowest BCUT2D eigenvalue weighted by atomic mass is 10.1. The van der Waals surface area contributed by atoms with Crippen LogP contribution in [0.1, 0.15) is 31.7 Å². The molecule has 2 aromatic heterocycles. The highest BCUT2D eigenvalue weighted by atomic mass is 32.2. The van der Waals surface area contributed by atoms with E-state index in [0.29, 0.717) is 24.0 Å². The molecule has 30 heavy (non-hydrogen) atoms. The molecule has 9 heteroatoms. The summed E-state index contributed by atoms with van der Waals surface area (Å²) in [7, 11) is 0. The molecule has 0 radical (unpaired) electrons. The van der Waals surface area contributed by atoms with E-state index in [0.717, 1.165) is 24.3 Å². The van der Waals surface area contributed by atoms with Crippen LogP contribution in [-0.2, 0) is 29.0 Å². The van der Waals surface area contributed by atoms with Crippen molar-refractivity contribution in [2.45, 2.75) is 44.8 Å². The molecule has 3 aromatic rings. The zero-order chi connectivity index (χ0) is 21.5. The molecule has 1 aromatic carbocycles. The lowest BCUT2D eigenvalue weighted by Gasteiger charge is -2.12. The van der Waals surface area contributed by atoms with E-state index < -0.39 is 0 Å². The SMILES string of the molecule is CC(C)Cn1c(CCC(N)=O)nnc1SCC(=O)NCCc1c[nH]c2ccccc12. The number of thioether (sulfide) groups is 1. The highest BCUT2D eigenvalue weighted by Crippen LogP contribution is 2.20. The summed E-state index contributed by atoms with van der Waals surface area (Å²) in [4.78, 5) is 26.6. The van der Waals surface area contributed by atoms with E-state index >= 15 is 0 Å². The van der Waals surface area contributed by atoms with Gasteiger partial charge in [0.05, 0.1) is 5.75 Å². The van der Waals surface area contributed by atoms with Crippen molar-refractivity contribution in [3.05, 3.63) is 41.9 Å². The zero-order valence-electron chi connectivity index (χ0n) is 17.4. The molecule has 4 N–H and O–H groups in total. The fraction of sp³-hybridized carbons (Fsp3) is 0.429. The van der Waals surface area contributed by atoms with E-state index in [9.17, 15) is 9.59 Å². The average Bonchev–Trinajstić information content (AvgIpc) is 3.28. The summed E-state index contributed by atoms with van der Waals surface area (Å²) >= 11 is 1.36. The van der Waals surface area contributed by atoms with Crippen molar-refractivity contribution in [2.75, 3.05) is 12.3 Å². The Morgan fingerprint density at radius 3 is 2.80 bits per heavy atom. The number of nitrogens with zero attached hydrogens (tertiary/aromatic N) is 3. The molecule has 0 spiro atoms. The number of carbonyl (C=O) groups excluding carboxylic acids is 2. The number of aromatic amines is 1. The number of amides is 2. The largest absolute Gasteiger partial charge is 0.370 e. The fourth-order valence-electron chi connectivity index (χ4n) is 3.25. The number of nitrogens with one attached hydrogen (secondary N) is 2. The molecule has 0 aliphatic heterocycles. The summed E-state index contributed by atoms with van der Waals surface area (Å²) in [5, 5.41) is 13.3. The van der Waals surface area contributed by atoms with Crippen LogP contribution in [0.15, 0.2) is 35.6 Å². The number of fused-ring (bicyclic) bond motifs is 1. The molecular formula is C21H28N6O2S. The van der Waals surface area contributed by atoms with Crippen LogP contribution in [0.3, 0.4) is 0 Å². The first-order valence-corrected chi connectivity index (χ1v) is 11.1. The van der Waals surface area contributed by atoms with Crippen molar-refractivity contribution in [3.63, 3.8) is 0 Å². The van der Waals surface area contributed by atoms with Crippen molar-refractivity contribution in [1.29, 1.82) is 0 Å². The number of aromatic nitrogens is 4. The Balaban J connectivity index is 1.51. The number of aryl methyl sites for hydroxylation is 1. The maximum Gasteiger partial charge on any atom is 0.230 e. The minimum atomic E-state index is -0.363. The minimum absolute atomic E-state index is 0.0439. The third-order valence-corrected chi connectivity index (χ3v) is 5.63. The Kier molecular flexibility index (Phi) is 7.51. The molecule has 2 heterocycles. The summed E-state index contributed by atoms with van der Waals surface area (Å²) < 4.78 is 1.98. The Hall–Kier alpha value is -2.81. The summed E-state index contributed by atoms with van der Waals surface area (Å²) in [6.45, 7) is 5.50. The maximum atomic E-state index is 12.3. The predicted octanol–water partition coefficient (Wildman–Crippen LogP) is 2.28. The van der Waals surface area contributed by atoms with Gasteiger partial charge in [-0.3, -0.25) is 9.59 Å². The van der Waals surface area contributed by atoms with Gasteiger partial charge in [-0.1, -0.05) is 43.8 Å². The summed E-state index contributed by atoms with van der Waals surface area (Å²) in [6.07, 6.45) is 3.44. The second-order valence-electron chi connectivity index (χ2n) is 7.62. The molecule has 160 valence electrons. The number of hydrogen-bond acceptors (Lipinski definition) is 5. The maximum absolute atomic E-state index is 12.3. The molecule has 0 atom stereocenters. The monoisotopic (exact) mass is 428 g/mol. The number of rotatable bonds is 11. The first kappa shape index (κ1) is 21.9. The van der Waals surface area contributed by atoms with Crippen LogP contribution in [0, 0.1) is 5.92 Å². The van der Waals surface area contributed by atoms with Gasteiger partial charge in [-0.2, -0.15) is 0 Å². The molecular weight excluding hydrogens is 400 g/mol. The van der Waals surface area contributed by atoms with Crippen LogP contribution in [-0.4, -0.2) is 43.9 Å². The number of H-pyrrole nitrogens is 1. The Bertz CT molecular complexity index is 1010. The van der Waals surface area contributed by atoms with Gasteiger partial charge in [0.15, 0.2) is 5.16 Å². The lowest BCUT2D eigenvalue weighted by Crippen LogP contribution is -2.27. The van der Waals surface area contributed by atoms with Crippen LogP contribution < -0.4 is 11.1 Å². The van der Waals surface area contributed by atoms with Gasteiger partial charge in [0.2, 0.25) is 11.8 Å². The van der Waals surface area contributed by atoms with Gasteiger partial charge in [-0.25, -0.2) is 0 Å². The molecule has 2 amide bonds. The molecule has 0 saturated heterocycles. The molecule has 0 saturated carbocycles. The molecule has 8 nitrogen and oxygen atoms in total. The van der Waals surface area contributed by atoms with Crippen molar-refractivity contribution in [3.8, 4) is 0 Å². The van der Waals surface area contributed by atoms with E-state index in [1.165, 1.54) is 22.7 Å². The molecule has 0 unspecified atom stereocenters. The average molecular weight is 429 g/mol. The first-order valence-electron chi connectivity index (χ1n) is 10.1. The molecule has 0 aliphatic rings. The zero-order valence-corrected chi connectivity index (χ0v) is 18.2. The van der Waals surface area contributed by atoms with Crippen LogP contribution in [0.4, 0.5) is 0 Å². The summed E-state index contributed by atoms with van der Waals surface area (Å²) in [5.41, 5.74) is 7.54. The number of nitrogens with two attached hydrogens (primary N) is 1. The van der Waals surface area contributed by atoms with E-state index in [1.807, 2.05) is 29.0 Å². The molecule has 0 aliphatic carbocycles. The molecule has 0 fully saturated rings. The first-order chi connectivity index (χ1) is 14.4. The van der Waals surface area contributed by atoms with Gasteiger partial charge in [0, 0.05) is 43.0 Å². The predicted molar refractivity (Wildman–Crippen MR) is 118 cm³/mol. The third-order valence-electron chi connectivity index (χ3n) is 4.66. The van der Waals surface area contributed by atoms with Crippen molar-refractivity contribution in [2.24, 2.45) is 11.7 Å². The lowest BCUT2D eigenvalue weighted by molar-refractivity contribution is -0.119. The van der Waals surface area contributed by atoms with Gasteiger partial charge in [-0.15, -0.1) is 10.2 Å². The van der Waals surface area contributed by atoms with E-state index in [2.05, 4.69) is 40.4 Å². The van der Waals surface area contributed by atoms with Gasteiger partial charge in [0.25, 0.3) is 0 Å². The van der Waals surface area contributed by atoms with Crippen molar-refractivity contribution >= 4 is 34.5 Å². The van der Waals surface area contributed by atoms with Crippen LogP contribution in [0.25, 0.3) is 10.9 Å². The normalized spacial score (nSPS) is 11.3. The molecule has 0 bridgehead atoms. The van der Waals surface area contributed by atoms with Gasteiger partial charge < -0.3 is 20.6 Å². The second kappa shape index (κ2) is 10.3. The van der Waals surface area contributed by atoms with Crippen LogP contribution >= 0.6 is 11.8 Å².